The fourth-order valence-electron chi connectivity index (χ4n) is 4.50. The van der Waals surface area contributed by atoms with Crippen molar-refractivity contribution in [2.45, 2.75) is 51.4 Å². The van der Waals surface area contributed by atoms with E-state index >= 15 is 0 Å². The summed E-state index contributed by atoms with van der Waals surface area (Å²) < 4.78 is 0. The van der Waals surface area contributed by atoms with Crippen LogP contribution in [0.3, 0.4) is 0 Å². The molecule has 2 aliphatic heterocycles. The van der Waals surface area contributed by atoms with Crippen molar-refractivity contribution in [1.29, 1.82) is 0 Å². The Morgan fingerprint density at radius 1 is 1.00 bits per heavy atom. The third kappa shape index (κ3) is 2.49. The first-order valence-corrected chi connectivity index (χ1v) is 8.75. The predicted octanol–water partition coefficient (Wildman–Crippen LogP) is 2.51. The Balaban J connectivity index is 1.36. The lowest BCUT2D eigenvalue weighted by atomic mass is 9.79. The molecule has 3 heteroatoms. The van der Waals surface area contributed by atoms with Gasteiger partial charge >= 0.3 is 0 Å². The number of hydrogen-bond donors (Lipinski definition) is 0. The van der Waals surface area contributed by atoms with Crippen LogP contribution in [0, 0.1) is 17.3 Å². The van der Waals surface area contributed by atoms with Crippen molar-refractivity contribution >= 4 is 5.91 Å². The lowest BCUT2D eigenvalue weighted by Gasteiger charge is -2.41. The van der Waals surface area contributed by atoms with Crippen LogP contribution in [0.5, 0.6) is 0 Å². The molecule has 1 amide bonds. The molecule has 2 aliphatic carbocycles. The zero-order chi connectivity index (χ0) is 13.6. The van der Waals surface area contributed by atoms with E-state index in [0.29, 0.717) is 17.2 Å². The molecule has 2 saturated carbocycles. The second-order valence-corrected chi connectivity index (χ2v) is 7.92. The van der Waals surface area contributed by atoms with E-state index in [0.717, 1.165) is 31.8 Å². The normalized spacial score (nSPS) is 35.5. The summed E-state index contributed by atoms with van der Waals surface area (Å²) in [6.45, 7) is 5.99. The van der Waals surface area contributed by atoms with E-state index in [4.69, 9.17) is 0 Å². The molecule has 0 N–H and O–H groups in total. The molecule has 2 heterocycles. The van der Waals surface area contributed by atoms with Crippen LogP contribution < -0.4 is 0 Å². The van der Waals surface area contributed by atoms with Crippen LogP contribution in [-0.2, 0) is 4.79 Å². The first kappa shape index (κ1) is 13.1. The van der Waals surface area contributed by atoms with Crippen molar-refractivity contribution in [3.8, 4) is 0 Å². The minimum absolute atomic E-state index is 0.385. The van der Waals surface area contributed by atoms with Gasteiger partial charge in [-0.05, 0) is 57.4 Å². The van der Waals surface area contributed by atoms with E-state index in [1.54, 1.807) is 0 Å². The molecule has 20 heavy (non-hydrogen) atoms. The Labute approximate surface area is 122 Å². The van der Waals surface area contributed by atoms with Crippen LogP contribution in [-0.4, -0.2) is 48.4 Å². The van der Waals surface area contributed by atoms with E-state index in [-0.39, 0.29) is 0 Å². The first-order chi connectivity index (χ1) is 9.74. The van der Waals surface area contributed by atoms with Crippen LogP contribution >= 0.6 is 0 Å². The van der Waals surface area contributed by atoms with Gasteiger partial charge in [0.25, 0.3) is 0 Å². The highest BCUT2D eigenvalue weighted by Gasteiger charge is 2.44. The van der Waals surface area contributed by atoms with Crippen molar-refractivity contribution in [2.75, 3.05) is 32.7 Å². The Bertz CT molecular complexity index is 388. The number of nitrogens with zero attached hydrogens (tertiary/aromatic N) is 2. The second kappa shape index (κ2) is 5.01. The van der Waals surface area contributed by atoms with Gasteiger partial charge in [-0.15, -0.1) is 0 Å². The molecule has 0 aromatic rings. The fourth-order valence-corrected chi connectivity index (χ4v) is 4.50. The van der Waals surface area contributed by atoms with Gasteiger partial charge in [0, 0.05) is 37.5 Å². The van der Waals surface area contributed by atoms with Crippen LogP contribution in [0.2, 0.25) is 0 Å². The average Bonchev–Trinajstić information content (AvgIpc) is 3.08. The monoisotopic (exact) mass is 276 g/mol. The summed E-state index contributed by atoms with van der Waals surface area (Å²) in [5.74, 6) is 1.86. The standard InChI is InChI=1S/C17H28N2O/c20-16(15-3-1-4-15)19-10-8-17(13-19)7-2-9-18(12-17)11-14-5-6-14/h14-15H,1-13H2/t17-/m1/s1. The molecule has 4 aliphatic rings. The molecule has 0 unspecified atom stereocenters. The molecule has 0 bridgehead atoms. The van der Waals surface area contributed by atoms with Crippen LogP contribution in [0.1, 0.15) is 51.4 Å². The van der Waals surface area contributed by atoms with E-state index < -0.39 is 0 Å². The summed E-state index contributed by atoms with van der Waals surface area (Å²) in [4.78, 5) is 17.4. The van der Waals surface area contributed by atoms with Gasteiger partial charge in [-0.25, -0.2) is 0 Å². The number of likely N-dealkylation sites (tertiary alicyclic amines) is 2. The van der Waals surface area contributed by atoms with Crippen molar-refractivity contribution in [2.24, 2.45) is 17.3 Å². The summed E-state index contributed by atoms with van der Waals surface area (Å²) in [6.07, 6.45) is 10.4. The number of rotatable bonds is 3. The predicted molar refractivity (Wildman–Crippen MR) is 79.4 cm³/mol. The minimum atomic E-state index is 0.385. The molecular formula is C17H28N2O. The SMILES string of the molecule is O=C(C1CCC1)N1CC[C@@]2(CCCN(CC3CC3)C2)C1. The Hall–Kier alpha value is -0.570. The molecule has 4 rings (SSSR count). The van der Waals surface area contributed by atoms with Crippen LogP contribution in [0.15, 0.2) is 0 Å². The van der Waals surface area contributed by atoms with Gasteiger partial charge in [-0.2, -0.15) is 0 Å². The summed E-state index contributed by atoms with van der Waals surface area (Å²) in [5.41, 5.74) is 0.451. The Morgan fingerprint density at radius 3 is 2.55 bits per heavy atom. The molecule has 1 spiro atoms. The average molecular weight is 276 g/mol. The van der Waals surface area contributed by atoms with Gasteiger partial charge in [-0.1, -0.05) is 6.42 Å². The van der Waals surface area contributed by atoms with Gasteiger partial charge in [0.1, 0.15) is 0 Å². The Morgan fingerprint density at radius 2 is 1.85 bits per heavy atom. The van der Waals surface area contributed by atoms with Crippen molar-refractivity contribution in [1.82, 2.24) is 9.80 Å². The molecule has 0 aromatic carbocycles. The van der Waals surface area contributed by atoms with Gasteiger partial charge in [0.2, 0.25) is 5.91 Å². The summed E-state index contributed by atoms with van der Waals surface area (Å²) in [6, 6.07) is 0. The molecule has 2 saturated heterocycles. The topological polar surface area (TPSA) is 23.6 Å². The molecule has 3 nitrogen and oxygen atoms in total. The molecule has 4 fully saturated rings. The fraction of sp³-hybridized carbons (Fsp3) is 0.941. The molecule has 0 aromatic heterocycles. The van der Waals surface area contributed by atoms with Crippen molar-refractivity contribution in [3.63, 3.8) is 0 Å². The lowest BCUT2D eigenvalue weighted by molar-refractivity contribution is -0.137. The van der Waals surface area contributed by atoms with Crippen LogP contribution in [0.4, 0.5) is 0 Å². The van der Waals surface area contributed by atoms with Crippen LogP contribution in [0.25, 0.3) is 0 Å². The molecule has 0 radical (unpaired) electrons. The van der Waals surface area contributed by atoms with E-state index in [1.807, 2.05) is 0 Å². The Kier molecular flexibility index (Phi) is 3.29. The van der Waals surface area contributed by atoms with Gasteiger partial charge < -0.3 is 9.80 Å². The largest absolute Gasteiger partial charge is 0.342 e. The van der Waals surface area contributed by atoms with E-state index in [9.17, 15) is 4.79 Å². The van der Waals surface area contributed by atoms with Crippen molar-refractivity contribution < 1.29 is 4.79 Å². The number of carbonyl (C=O) groups is 1. The maximum Gasteiger partial charge on any atom is 0.225 e. The highest BCUT2D eigenvalue weighted by atomic mass is 16.2. The third-order valence-corrected chi connectivity index (χ3v) is 6.16. The second-order valence-electron chi connectivity index (χ2n) is 7.92. The quantitative estimate of drug-likeness (QED) is 0.791. The maximum absolute atomic E-state index is 12.4. The van der Waals surface area contributed by atoms with Gasteiger partial charge in [0.05, 0.1) is 0 Å². The number of amides is 1. The highest BCUT2D eigenvalue weighted by Crippen LogP contribution is 2.42. The number of piperidine rings is 1. The number of hydrogen-bond acceptors (Lipinski definition) is 2. The third-order valence-electron chi connectivity index (χ3n) is 6.16. The van der Waals surface area contributed by atoms with E-state index in [2.05, 4.69) is 9.80 Å². The lowest BCUT2D eigenvalue weighted by Crippen LogP contribution is -2.46. The number of carbonyl (C=O) groups excluding carboxylic acids is 1. The molecule has 112 valence electrons. The summed E-state index contributed by atoms with van der Waals surface area (Å²) >= 11 is 0. The summed E-state index contributed by atoms with van der Waals surface area (Å²) in [5, 5.41) is 0. The zero-order valence-corrected chi connectivity index (χ0v) is 12.6. The smallest absolute Gasteiger partial charge is 0.225 e. The first-order valence-electron chi connectivity index (χ1n) is 8.75. The van der Waals surface area contributed by atoms with Crippen molar-refractivity contribution in [3.05, 3.63) is 0 Å². The van der Waals surface area contributed by atoms with Gasteiger partial charge in [0.15, 0.2) is 0 Å². The highest BCUT2D eigenvalue weighted by molar-refractivity contribution is 5.80. The van der Waals surface area contributed by atoms with Gasteiger partial charge in [-0.3, -0.25) is 4.79 Å². The minimum Gasteiger partial charge on any atom is -0.342 e. The molecular weight excluding hydrogens is 248 g/mol. The van der Waals surface area contributed by atoms with E-state index in [1.165, 1.54) is 58.2 Å². The zero-order valence-electron chi connectivity index (χ0n) is 12.6. The summed E-state index contributed by atoms with van der Waals surface area (Å²) in [7, 11) is 0. The molecule has 1 atom stereocenters. The maximum atomic E-state index is 12.4.